The van der Waals surface area contributed by atoms with Gasteiger partial charge in [0.05, 0.1) is 0 Å². The van der Waals surface area contributed by atoms with E-state index in [0.29, 0.717) is 16.4 Å². The Balaban J connectivity index is 1.86. The zero-order valence-electron chi connectivity index (χ0n) is 12.6. The molecule has 0 saturated carbocycles. The molecule has 0 unspecified atom stereocenters. The van der Waals surface area contributed by atoms with Gasteiger partial charge in [0.2, 0.25) is 0 Å². The van der Waals surface area contributed by atoms with Gasteiger partial charge in [-0.05, 0) is 28.5 Å². The Labute approximate surface area is 141 Å². The van der Waals surface area contributed by atoms with Crippen molar-refractivity contribution in [1.82, 2.24) is 0 Å². The van der Waals surface area contributed by atoms with Crippen LogP contribution < -0.4 is 10.4 Å². The van der Waals surface area contributed by atoms with Crippen LogP contribution in [0.15, 0.2) is 81.1 Å². The van der Waals surface area contributed by atoms with E-state index >= 15 is 0 Å². The quantitative estimate of drug-likeness (QED) is 0.187. The molecule has 0 fully saturated rings. The van der Waals surface area contributed by atoms with E-state index in [-0.39, 0.29) is 5.63 Å². The molecule has 4 aromatic rings. The van der Waals surface area contributed by atoms with Crippen molar-refractivity contribution in [2.45, 2.75) is 10.8 Å². The summed E-state index contributed by atoms with van der Waals surface area (Å²) in [5.74, 6) is 0.516. The SMILES string of the molecule is O=c1cc(CSc2cccc[n+]2[O-])c2c(ccc3ccccc32)o1. The molecule has 0 spiro atoms. The molecular weight excluding hydrogens is 322 g/mol. The second-order valence-corrected chi connectivity index (χ2v) is 6.40. The normalized spacial score (nSPS) is 11.2. The van der Waals surface area contributed by atoms with Crippen molar-refractivity contribution >= 4 is 33.5 Å². The molecule has 0 aliphatic carbocycles. The minimum Gasteiger partial charge on any atom is -0.618 e. The summed E-state index contributed by atoms with van der Waals surface area (Å²) in [5, 5.41) is 15.4. The maximum atomic E-state index is 11.9. The van der Waals surface area contributed by atoms with Gasteiger partial charge in [0.1, 0.15) is 5.58 Å². The first-order valence-corrected chi connectivity index (χ1v) is 8.46. The fourth-order valence-electron chi connectivity index (χ4n) is 2.81. The summed E-state index contributed by atoms with van der Waals surface area (Å²) in [6.45, 7) is 0. The van der Waals surface area contributed by atoms with E-state index in [4.69, 9.17) is 4.42 Å². The van der Waals surface area contributed by atoms with Crippen molar-refractivity contribution in [1.29, 1.82) is 0 Å². The Morgan fingerprint density at radius 1 is 1.04 bits per heavy atom. The van der Waals surface area contributed by atoms with E-state index in [9.17, 15) is 10.0 Å². The first kappa shape index (κ1) is 14.8. The summed E-state index contributed by atoms with van der Waals surface area (Å²) in [6, 6.07) is 18.5. The molecule has 5 heteroatoms. The molecular formula is C19H13NO3S. The fourth-order valence-corrected chi connectivity index (χ4v) is 3.70. The minimum atomic E-state index is -0.378. The van der Waals surface area contributed by atoms with Gasteiger partial charge in [-0.3, -0.25) is 0 Å². The smallest absolute Gasteiger partial charge is 0.336 e. The van der Waals surface area contributed by atoms with Crippen LogP contribution >= 0.6 is 11.8 Å². The topological polar surface area (TPSA) is 57.1 Å². The van der Waals surface area contributed by atoms with E-state index in [0.717, 1.165) is 26.5 Å². The number of hydrogen-bond donors (Lipinski definition) is 0. The molecule has 4 rings (SSSR count). The number of benzene rings is 2. The van der Waals surface area contributed by atoms with Gasteiger partial charge in [0, 0.05) is 29.3 Å². The van der Waals surface area contributed by atoms with Gasteiger partial charge in [-0.2, -0.15) is 4.73 Å². The highest BCUT2D eigenvalue weighted by Gasteiger charge is 2.12. The Morgan fingerprint density at radius 2 is 1.88 bits per heavy atom. The summed E-state index contributed by atoms with van der Waals surface area (Å²) < 4.78 is 6.18. The molecule has 0 saturated heterocycles. The molecule has 2 aromatic carbocycles. The monoisotopic (exact) mass is 335 g/mol. The molecule has 2 heterocycles. The van der Waals surface area contributed by atoms with E-state index in [1.54, 1.807) is 12.1 Å². The highest BCUT2D eigenvalue weighted by Crippen LogP contribution is 2.30. The zero-order chi connectivity index (χ0) is 16.5. The van der Waals surface area contributed by atoms with E-state index in [1.807, 2.05) is 42.5 Å². The number of pyridine rings is 1. The highest BCUT2D eigenvalue weighted by atomic mass is 32.2. The van der Waals surface area contributed by atoms with Crippen molar-refractivity contribution < 1.29 is 9.15 Å². The van der Waals surface area contributed by atoms with Gasteiger partial charge in [-0.15, -0.1) is 0 Å². The lowest BCUT2D eigenvalue weighted by molar-refractivity contribution is -0.645. The minimum absolute atomic E-state index is 0.378. The molecule has 24 heavy (non-hydrogen) atoms. The van der Waals surface area contributed by atoms with Gasteiger partial charge in [0.15, 0.2) is 6.20 Å². The van der Waals surface area contributed by atoms with Crippen molar-refractivity contribution in [3.63, 3.8) is 0 Å². The largest absolute Gasteiger partial charge is 0.618 e. The number of fused-ring (bicyclic) bond motifs is 3. The van der Waals surface area contributed by atoms with E-state index in [1.165, 1.54) is 24.0 Å². The molecule has 4 nitrogen and oxygen atoms in total. The van der Waals surface area contributed by atoms with Crippen LogP contribution in [0.3, 0.4) is 0 Å². The molecule has 0 atom stereocenters. The molecule has 118 valence electrons. The van der Waals surface area contributed by atoms with Crippen molar-refractivity contribution in [2.75, 3.05) is 0 Å². The maximum absolute atomic E-state index is 11.9. The summed E-state index contributed by atoms with van der Waals surface area (Å²) >= 11 is 1.40. The average Bonchev–Trinajstić information content (AvgIpc) is 2.60. The van der Waals surface area contributed by atoms with Crippen molar-refractivity contribution in [3.8, 4) is 0 Å². The molecule has 0 aliphatic rings. The summed E-state index contributed by atoms with van der Waals surface area (Å²) in [7, 11) is 0. The van der Waals surface area contributed by atoms with Crippen LogP contribution in [0.25, 0.3) is 21.7 Å². The number of thioether (sulfide) groups is 1. The zero-order valence-corrected chi connectivity index (χ0v) is 13.5. The summed E-state index contributed by atoms with van der Waals surface area (Å²) in [6.07, 6.45) is 1.47. The molecule has 0 radical (unpaired) electrons. The first-order valence-electron chi connectivity index (χ1n) is 7.48. The maximum Gasteiger partial charge on any atom is 0.336 e. The molecule has 0 bridgehead atoms. The number of aromatic nitrogens is 1. The molecule has 0 N–H and O–H groups in total. The van der Waals surface area contributed by atoms with Crippen LogP contribution in [-0.2, 0) is 5.75 Å². The van der Waals surface area contributed by atoms with Gasteiger partial charge >= 0.3 is 5.63 Å². The Hall–Kier alpha value is -2.79. The molecule has 0 amide bonds. The standard InChI is InChI=1S/C19H13NO3S/c21-18-11-14(12-24-17-7-3-4-10-20(17)22)19-15-6-2-1-5-13(15)8-9-16(19)23-18/h1-11H,12H2. The average molecular weight is 335 g/mol. The van der Waals surface area contributed by atoms with Crippen LogP contribution in [0.1, 0.15) is 5.56 Å². The van der Waals surface area contributed by atoms with Crippen LogP contribution in [0.5, 0.6) is 0 Å². The van der Waals surface area contributed by atoms with Crippen molar-refractivity contribution in [2.24, 2.45) is 0 Å². The first-order chi connectivity index (χ1) is 11.7. The third-order valence-corrected chi connectivity index (χ3v) is 4.95. The second kappa shape index (κ2) is 6.02. The third kappa shape index (κ3) is 2.63. The number of nitrogens with zero attached hydrogens (tertiary/aromatic N) is 1. The van der Waals surface area contributed by atoms with Crippen LogP contribution in [-0.4, -0.2) is 0 Å². The van der Waals surface area contributed by atoms with Crippen LogP contribution in [0.4, 0.5) is 0 Å². The predicted octanol–water partition coefficient (Wildman–Crippen LogP) is 3.87. The summed E-state index contributed by atoms with van der Waals surface area (Å²) in [5.41, 5.74) is 1.06. The highest BCUT2D eigenvalue weighted by molar-refractivity contribution is 7.98. The molecule has 2 aromatic heterocycles. The second-order valence-electron chi connectivity index (χ2n) is 5.40. The van der Waals surface area contributed by atoms with E-state index in [2.05, 4.69) is 0 Å². The molecule has 0 aliphatic heterocycles. The Kier molecular flexibility index (Phi) is 3.70. The predicted molar refractivity (Wildman–Crippen MR) is 95.0 cm³/mol. The fraction of sp³-hybridized carbons (Fsp3) is 0.0526. The number of hydrogen-bond acceptors (Lipinski definition) is 4. The lowest BCUT2D eigenvalue weighted by atomic mass is 10.0. The lowest BCUT2D eigenvalue weighted by Gasteiger charge is -2.08. The van der Waals surface area contributed by atoms with Crippen LogP contribution in [0.2, 0.25) is 0 Å². The Bertz CT molecular complexity index is 1100. The van der Waals surface area contributed by atoms with Crippen LogP contribution in [0, 0.1) is 5.21 Å². The number of rotatable bonds is 3. The third-order valence-electron chi connectivity index (χ3n) is 3.88. The van der Waals surface area contributed by atoms with Gasteiger partial charge < -0.3 is 9.62 Å². The summed E-state index contributed by atoms with van der Waals surface area (Å²) in [4.78, 5) is 11.9. The Morgan fingerprint density at radius 3 is 2.75 bits per heavy atom. The van der Waals surface area contributed by atoms with Gasteiger partial charge in [-0.25, -0.2) is 4.79 Å². The van der Waals surface area contributed by atoms with E-state index < -0.39 is 0 Å². The van der Waals surface area contributed by atoms with Gasteiger partial charge in [0.25, 0.3) is 5.03 Å². The lowest BCUT2D eigenvalue weighted by Crippen LogP contribution is -2.27. The van der Waals surface area contributed by atoms with Crippen molar-refractivity contribution in [3.05, 3.63) is 88.1 Å². The van der Waals surface area contributed by atoms with Gasteiger partial charge in [-0.1, -0.05) is 42.1 Å².